The summed E-state index contributed by atoms with van der Waals surface area (Å²) < 4.78 is 0. The van der Waals surface area contributed by atoms with Gasteiger partial charge in [-0.25, -0.2) is 0 Å². The third-order valence-corrected chi connectivity index (χ3v) is 3.55. The smallest absolute Gasteiger partial charge is 0.136 e. The highest BCUT2D eigenvalue weighted by Crippen LogP contribution is 2.26. The van der Waals surface area contributed by atoms with E-state index < -0.39 is 0 Å². The van der Waals surface area contributed by atoms with Gasteiger partial charge in [-0.1, -0.05) is 24.3 Å². The van der Waals surface area contributed by atoms with Crippen molar-refractivity contribution in [2.24, 2.45) is 5.92 Å². The van der Waals surface area contributed by atoms with Crippen molar-refractivity contribution < 1.29 is 4.79 Å². The van der Waals surface area contributed by atoms with Gasteiger partial charge in [-0.15, -0.1) is 12.3 Å². The molecule has 1 aromatic rings. The van der Waals surface area contributed by atoms with Gasteiger partial charge in [-0.05, 0) is 36.8 Å². The van der Waals surface area contributed by atoms with Crippen molar-refractivity contribution in [3.63, 3.8) is 0 Å². The van der Waals surface area contributed by atoms with Crippen LogP contribution in [0.4, 0.5) is 0 Å². The number of hydrogen-bond acceptors (Lipinski definition) is 1. The molecule has 0 aromatic heterocycles. The number of ketones is 1. The molecule has 1 aromatic carbocycles. The van der Waals surface area contributed by atoms with Crippen molar-refractivity contribution in [2.45, 2.75) is 38.5 Å². The zero-order valence-electron chi connectivity index (χ0n) is 10.1. The summed E-state index contributed by atoms with van der Waals surface area (Å²) in [4.78, 5) is 12.0. The second kappa shape index (κ2) is 5.68. The molecule has 0 amide bonds. The van der Waals surface area contributed by atoms with Crippen LogP contribution in [-0.4, -0.2) is 5.78 Å². The van der Waals surface area contributed by atoms with Crippen molar-refractivity contribution in [1.29, 1.82) is 0 Å². The standard InChI is InChI=1S/C16H18O/c1-2-3-4-9-16(17)15-11-10-13-7-5-6-8-14(13)12-15/h1,5-8,15H,3-4,9-12H2. The van der Waals surface area contributed by atoms with Gasteiger partial charge in [0.15, 0.2) is 0 Å². The molecule has 1 atom stereocenters. The summed E-state index contributed by atoms with van der Waals surface area (Å²) in [6, 6.07) is 8.46. The van der Waals surface area contributed by atoms with Crippen LogP contribution in [0.15, 0.2) is 24.3 Å². The van der Waals surface area contributed by atoms with E-state index in [1.807, 2.05) is 0 Å². The predicted molar refractivity (Wildman–Crippen MR) is 69.6 cm³/mol. The molecule has 1 nitrogen and oxygen atoms in total. The number of Topliss-reactive ketones (excluding diaryl/α,β-unsaturated/α-hetero) is 1. The van der Waals surface area contributed by atoms with Gasteiger partial charge in [0.05, 0.1) is 0 Å². The molecule has 0 radical (unpaired) electrons. The lowest BCUT2D eigenvalue weighted by Crippen LogP contribution is -2.22. The fourth-order valence-electron chi connectivity index (χ4n) is 2.54. The van der Waals surface area contributed by atoms with Gasteiger partial charge in [0, 0.05) is 18.8 Å². The van der Waals surface area contributed by atoms with E-state index >= 15 is 0 Å². The van der Waals surface area contributed by atoms with Gasteiger partial charge in [0.1, 0.15) is 5.78 Å². The first kappa shape index (κ1) is 11.9. The zero-order chi connectivity index (χ0) is 12.1. The second-order valence-corrected chi connectivity index (χ2v) is 4.73. The number of hydrogen-bond donors (Lipinski definition) is 0. The third kappa shape index (κ3) is 2.97. The number of benzene rings is 1. The summed E-state index contributed by atoms with van der Waals surface area (Å²) in [5, 5.41) is 0. The van der Waals surface area contributed by atoms with E-state index in [1.165, 1.54) is 11.1 Å². The molecule has 1 aliphatic rings. The molecule has 17 heavy (non-hydrogen) atoms. The zero-order valence-corrected chi connectivity index (χ0v) is 10.1. The third-order valence-electron chi connectivity index (χ3n) is 3.55. The summed E-state index contributed by atoms with van der Waals surface area (Å²) in [5.41, 5.74) is 2.77. The van der Waals surface area contributed by atoms with Gasteiger partial charge >= 0.3 is 0 Å². The minimum atomic E-state index is 0.225. The average molecular weight is 226 g/mol. The second-order valence-electron chi connectivity index (χ2n) is 4.73. The fourth-order valence-corrected chi connectivity index (χ4v) is 2.54. The molecule has 0 spiro atoms. The van der Waals surface area contributed by atoms with Crippen LogP contribution in [0, 0.1) is 18.3 Å². The maximum Gasteiger partial charge on any atom is 0.136 e. The first-order chi connectivity index (χ1) is 8.31. The normalized spacial score (nSPS) is 18.2. The molecule has 0 bridgehead atoms. The average Bonchev–Trinajstić information content (AvgIpc) is 2.38. The molecule has 0 saturated heterocycles. The first-order valence-electron chi connectivity index (χ1n) is 6.34. The van der Waals surface area contributed by atoms with Crippen LogP contribution >= 0.6 is 0 Å². The Labute approximate surface area is 103 Å². The molecule has 88 valence electrons. The number of carbonyl (C=O) groups excluding carboxylic acids is 1. The lowest BCUT2D eigenvalue weighted by molar-refractivity contribution is -0.123. The number of carbonyl (C=O) groups is 1. The van der Waals surface area contributed by atoms with Crippen molar-refractivity contribution in [3.05, 3.63) is 35.4 Å². The fraction of sp³-hybridized carbons (Fsp3) is 0.438. The topological polar surface area (TPSA) is 17.1 Å². The van der Waals surface area contributed by atoms with Crippen molar-refractivity contribution in [1.82, 2.24) is 0 Å². The Kier molecular flexibility index (Phi) is 3.98. The van der Waals surface area contributed by atoms with E-state index in [4.69, 9.17) is 6.42 Å². The summed E-state index contributed by atoms with van der Waals surface area (Å²) in [7, 11) is 0. The Morgan fingerprint density at radius 1 is 1.35 bits per heavy atom. The van der Waals surface area contributed by atoms with E-state index in [-0.39, 0.29) is 5.92 Å². The van der Waals surface area contributed by atoms with Crippen molar-refractivity contribution in [2.75, 3.05) is 0 Å². The Balaban J connectivity index is 1.93. The predicted octanol–water partition coefficient (Wildman–Crippen LogP) is 3.16. The summed E-state index contributed by atoms with van der Waals surface area (Å²) in [6.45, 7) is 0. The van der Waals surface area contributed by atoms with Crippen LogP contribution in [-0.2, 0) is 17.6 Å². The molecule has 0 aliphatic heterocycles. The number of fused-ring (bicyclic) bond motifs is 1. The van der Waals surface area contributed by atoms with Crippen LogP contribution < -0.4 is 0 Å². The molecule has 0 heterocycles. The van der Waals surface area contributed by atoms with Crippen LogP contribution in [0.25, 0.3) is 0 Å². The molecule has 0 saturated carbocycles. The molecular formula is C16H18O. The maximum absolute atomic E-state index is 12.0. The van der Waals surface area contributed by atoms with Gasteiger partial charge in [-0.2, -0.15) is 0 Å². The SMILES string of the molecule is C#CCCCC(=O)C1CCc2ccccc2C1. The Hall–Kier alpha value is -1.55. The minimum Gasteiger partial charge on any atom is -0.299 e. The lowest BCUT2D eigenvalue weighted by atomic mass is 9.81. The Bertz CT molecular complexity index is 439. The maximum atomic E-state index is 12.0. The highest BCUT2D eigenvalue weighted by atomic mass is 16.1. The molecule has 0 fully saturated rings. The first-order valence-corrected chi connectivity index (χ1v) is 6.34. The molecule has 1 unspecified atom stereocenters. The monoisotopic (exact) mass is 226 g/mol. The molecule has 1 aliphatic carbocycles. The number of aryl methyl sites for hydroxylation is 1. The van der Waals surface area contributed by atoms with Gasteiger partial charge < -0.3 is 0 Å². The number of unbranched alkanes of at least 4 members (excludes halogenated alkanes) is 1. The van der Waals surface area contributed by atoms with E-state index in [0.29, 0.717) is 12.2 Å². The van der Waals surface area contributed by atoms with Gasteiger partial charge in [-0.3, -0.25) is 4.79 Å². The van der Waals surface area contributed by atoms with Gasteiger partial charge in [0.2, 0.25) is 0 Å². The number of rotatable bonds is 4. The highest BCUT2D eigenvalue weighted by molar-refractivity contribution is 5.81. The number of terminal acetylenes is 1. The Morgan fingerprint density at radius 3 is 2.88 bits per heavy atom. The van der Waals surface area contributed by atoms with Crippen LogP contribution in [0.5, 0.6) is 0 Å². The van der Waals surface area contributed by atoms with E-state index in [1.54, 1.807) is 0 Å². The minimum absolute atomic E-state index is 0.225. The molecule has 1 heteroatoms. The molecular weight excluding hydrogens is 208 g/mol. The van der Waals surface area contributed by atoms with Crippen LogP contribution in [0.3, 0.4) is 0 Å². The summed E-state index contributed by atoms with van der Waals surface area (Å²) in [6.07, 6.45) is 10.4. The summed E-state index contributed by atoms with van der Waals surface area (Å²) in [5.74, 6) is 3.21. The van der Waals surface area contributed by atoms with E-state index in [2.05, 4.69) is 30.2 Å². The molecule has 2 rings (SSSR count). The lowest BCUT2D eigenvalue weighted by Gasteiger charge is -2.23. The van der Waals surface area contributed by atoms with Crippen molar-refractivity contribution >= 4 is 5.78 Å². The highest BCUT2D eigenvalue weighted by Gasteiger charge is 2.23. The quantitative estimate of drug-likeness (QED) is 0.569. The van der Waals surface area contributed by atoms with Crippen LogP contribution in [0.1, 0.15) is 36.8 Å². The van der Waals surface area contributed by atoms with Crippen molar-refractivity contribution in [3.8, 4) is 12.3 Å². The van der Waals surface area contributed by atoms with Gasteiger partial charge in [0.25, 0.3) is 0 Å². The molecule has 0 N–H and O–H groups in total. The van der Waals surface area contributed by atoms with E-state index in [0.717, 1.165) is 32.1 Å². The largest absolute Gasteiger partial charge is 0.299 e. The van der Waals surface area contributed by atoms with Crippen LogP contribution in [0.2, 0.25) is 0 Å². The Morgan fingerprint density at radius 2 is 2.12 bits per heavy atom. The van der Waals surface area contributed by atoms with E-state index in [9.17, 15) is 4.79 Å². The summed E-state index contributed by atoms with van der Waals surface area (Å²) >= 11 is 0.